The third-order valence-corrected chi connectivity index (χ3v) is 1.94. The molecule has 0 aliphatic carbocycles. The first-order valence-electron chi connectivity index (χ1n) is 4.46. The van der Waals surface area contributed by atoms with Crippen molar-refractivity contribution in [1.82, 2.24) is 20.4 Å². The number of hydrogen-bond acceptors (Lipinski definition) is 6. The van der Waals surface area contributed by atoms with Gasteiger partial charge in [-0.3, -0.25) is 0 Å². The van der Waals surface area contributed by atoms with Gasteiger partial charge in [-0.05, 0) is 19.9 Å². The van der Waals surface area contributed by atoms with Crippen LogP contribution in [0.25, 0.3) is 11.5 Å². The molecule has 0 amide bonds. The maximum Gasteiger partial charge on any atom is 0.393 e. The van der Waals surface area contributed by atoms with E-state index in [0.717, 1.165) is 0 Å². The zero-order chi connectivity index (χ0) is 11.7. The van der Waals surface area contributed by atoms with Crippen LogP contribution in [-0.4, -0.2) is 31.5 Å². The third-order valence-electron chi connectivity index (χ3n) is 1.94. The van der Waals surface area contributed by atoms with Crippen molar-refractivity contribution >= 4 is 5.97 Å². The van der Waals surface area contributed by atoms with Crippen molar-refractivity contribution in [2.75, 3.05) is 0 Å². The van der Waals surface area contributed by atoms with Crippen LogP contribution < -0.4 is 0 Å². The zero-order valence-electron chi connectivity index (χ0n) is 8.63. The fourth-order valence-corrected chi connectivity index (χ4v) is 1.18. The van der Waals surface area contributed by atoms with E-state index in [1.165, 1.54) is 0 Å². The van der Waals surface area contributed by atoms with Gasteiger partial charge in [0.15, 0.2) is 0 Å². The fourth-order valence-electron chi connectivity index (χ4n) is 1.18. The quantitative estimate of drug-likeness (QED) is 0.799. The molecular weight excluding hydrogens is 212 g/mol. The molecule has 0 unspecified atom stereocenters. The van der Waals surface area contributed by atoms with E-state index in [1.807, 2.05) is 0 Å². The third kappa shape index (κ3) is 1.74. The fraction of sp³-hybridized carbons (Fsp3) is 0.222. The number of hydrogen-bond donors (Lipinski definition) is 1. The van der Waals surface area contributed by atoms with Gasteiger partial charge in [0.2, 0.25) is 5.89 Å². The smallest absolute Gasteiger partial charge is 0.393 e. The minimum absolute atomic E-state index is 0.132. The van der Waals surface area contributed by atoms with Crippen LogP contribution in [0, 0.1) is 13.8 Å². The van der Waals surface area contributed by atoms with Crippen LogP contribution in [0.1, 0.15) is 22.1 Å². The number of aromatic nitrogens is 4. The molecule has 0 fully saturated rings. The number of aryl methyl sites for hydroxylation is 2. The monoisotopic (exact) mass is 220 g/mol. The molecule has 2 heterocycles. The van der Waals surface area contributed by atoms with E-state index in [9.17, 15) is 4.79 Å². The van der Waals surface area contributed by atoms with E-state index in [1.54, 1.807) is 19.9 Å². The number of nitrogens with zero attached hydrogens (tertiary/aromatic N) is 4. The highest BCUT2D eigenvalue weighted by molar-refractivity contribution is 5.82. The first kappa shape index (κ1) is 10.2. The van der Waals surface area contributed by atoms with Gasteiger partial charge in [-0.2, -0.15) is 10.2 Å². The number of rotatable bonds is 2. The second kappa shape index (κ2) is 3.69. The first-order valence-corrected chi connectivity index (χ1v) is 4.46. The molecule has 0 spiro atoms. The molecule has 0 saturated heterocycles. The average Bonchev–Trinajstić information content (AvgIpc) is 2.70. The molecule has 16 heavy (non-hydrogen) atoms. The van der Waals surface area contributed by atoms with Crippen molar-refractivity contribution in [1.29, 1.82) is 0 Å². The number of carboxylic acid groups (broad SMARTS) is 1. The lowest BCUT2D eigenvalue weighted by atomic mass is 10.2. The Bertz CT molecular complexity index is 549. The molecule has 2 aromatic rings. The van der Waals surface area contributed by atoms with Gasteiger partial charge in [0.25, 0.3) is 0 Å². The standard InChI is InChI=1S/C9H8N4O3/c1-4-3-6(5(2)11-10-4)7-12-13-8(16-7)9(14)15/h3H,1-2H3,(H,14,15). The topological polar surface area (TPSA) is 102 Å². The van der Waals surface area contributed by atoms with E-state index in [2.05, 4.69) is 20.4 Å². The second-order valence-electron chi connectivity index (χ2n) is 3.20. The van der Waals surface area contributed by atoms with E-state index in [-0.39, 0.29) is 5.89 Å². The van der Waals surface area contributed by atoms with Gasteiger partial charge in [-0.15, -0.1) is 10.2 Å². The molecule has 0 aliphatic rings. The lowest BCUT2D eigenvalue weighted by Gasteiger charge is -1.99. The van der Waals surface area contributed by atoms with Crippen molar-refractivity contribution < 1.29 is 14.3 Å². The molecule has 0 bridgehead atoms. The number of carbonyl (C=O) groups is 1. The van der Waals surface area contributed by atoms with Gasteiger partial charge in [0, 0.05) is 0 Å². The maximum atomic E-state index is 10.6. The molecule has 2 rings (SSSR count). The lowest BCUT2D eigenvalue weighted by molar-refractivity contribution is 0.0654. The summed E-state index contributed by atoms with van der Waals surface area (Å²) in [5.41, 5.74) is 1.88. The van der Waals surface area contributed by atoms with E-state index < -0.39 is 11.9 Å². The van der Waals surface area contributed by atoms with Gasteiger partial charge in [0.1, 0.15) is 0 Å². The summed E-state index contributed by atoms with van der Waals surface area (Å²) in [7, 11) is 0. The summed E-state index contributed by atoms with van der Waals surface area (Å²) in [4.78, 5) is 10.6. The van der Waals surface area contributed by atoms with Crippen LogP contribution in [0.3, 0.4) is 0 Å². The van der Waals surface area contributed by atoms with Crippen LogP contribution in [0.4, 0.5) is 0 Å². The Balaban J connectivity index is 2.50. The maximum absolute atomic E-state index is 10.6. The molecule has 2 aromatic heterocycles. The Morgan fingerprint density at radius 2 is 2.00 bits per heavy atom. The number of aromatic carboxylic acids is 1. The van der Waals surface area contributed by atoms with Crippen LogP contribution in [0.2, 0.25) is 0 Å². The van der Waals surface area contributed by atoms with E-state index in [0.29, 0.717) is 17.0 Å². The van der Waals surface area contributed by atoms with Crippen LogP contribution in [0.15, 0.2) is 10.5 Å². The Morgan fingerprint density at radius 1 is 1.25 bits per heavy atom. The zero-order valence-corrected chi connectivity index (χ0v) is 8.63. The summed E-state index contributed by atoms with van der Waals surface area (Å²) < 4.78 is 4.98. The van der Waals surface area contributed by atoms with Crippen molar-refractivity contribution in [3.8, 4) is 11.5 Å². The predicted octanol–water partition coefficient (Wildman–Crippen LogP) is 0.842. The highest BCUT2D eigenvalue weighted by Crippen LogP contribution is 2.20. The van der Waals surface area contributed by atoms with Crippen molar-refractivity contribution in [3.05, 3.63) is 23.3 Å². The molecule has 0 aliphatic heterocycles. The highest BCUT2D eigenvalue weighted by Gasteiger charge is 2.16. The van der Waals surface area contributed by atoms with Crippen LogP contribution >= 0.6 is 0 Å². The van der Waals surface area contributed by atoms with Gasteiger partial charge >= 0.3 is 11.9 Å². The first-order chi connectivity index (χ1) is 7.58. The van der Waals surface area contributed by atoms with Gasteiger partial charge in [-0.25, -0.2) is 4.79 Å². The summed E-state index contributed by atoms with van der Waals surface area (Å²) >= 11 is 0. The molecule has 82 valence electrons. The van der Waals surface area contributed by atoms with E-state index in [4.69, 9.17) is 9.52 Å². The van der Waals surface area contributed by atoms with Gasteiger partial charge in [-0.1, -0.05) is 0 Å². The molecule has 0 atom stereocenters. The molecule has 0 saturated carbocycles. The molecule has 0 aromatic carbocycles. The summed E-state index contributed by atoms with van der Waals surface area (Å²) in [5, 5.41) is 23.4. The predicted molar refractivity (Wildman–Crippen MR) is 51.8 cm³/mol. The summed E-state index contributed by atoms with van der Waals surface area (Å²) in [6.07, 6.45) is 0. The summed E-state index contributed by atoms with van der Waals surface area (Å²) in [6.45, 7) is 3.50. The largest absolute Gasteiger partial charge is 0.474 e. The normalized spacial score (nSPS) is 10.4. The van der Waals surface area contributed by atoms with Crippen LogP contribution in [0.5, 0.6) is 0 Å². The Labute approximate surface area is 90.1 Å². The Morgan fingerprint density at radius 3 is 2.62 bits per heavy atom. The van der Waals surface area contributed by atoms with Gasteiger partial charge in [0.05, 0.1) is 17.0 Å². The average molecular weight is 220 g/mol. The molecule has 7 heteroatoms. The van der Waals surface area contributed by atoms with E-state index >= 15 is 0 Å². The van der Waals surface area contributed by atoms with Crippen molar-refractivity contribution in [2.24, 2.45) is 0 Å². The molecular formula is C9H8N4O3. The minimum Gasteiger partial charge on any atom is -0.474 e. The van der Waals surface area contributed by atoms with Gasteiger partial charge < -0.3 is 9.52 Å². The lowest BCUT2D eigenvalue weighted by Crippen LogP contribution is -1.95. The summed E-state index contributed by atoms with van der Waals surface area (Å²) in [6, 6.07) is 1.71. The van der Waals surface area contributed by atoms with Crippen molar-refractivity contribution in [2.45, 2.75) is 13.8 Å². The van der Waals surface area contributed by atoms with Crippen LogP contribution in [-0.2, 0) is 0 Å². The Hall–Kier alpha value is -2.31. The minimum atomic E-state index is -1.25. The SMILES string of the molecule is Cc1cc(-c2nnc(C(=O)O)o2)c(C)nn1. The summed E-state index contributed by atoms with van der Waals surface area (Å²) in [5.74, 6) is -1.56. The number of carboxylic acids is 1. The molecule has 1 N–H and O–H groups in total. The second-order valence-corrected chi connectivity index (χ2v) is 3.20. The van der Waals surface area contributed by atoms with Crippen molar-refractivity contribution in [3.63, 3.8) is 0 Å². The highest BCUT2D eigenvalue weighted by atomic mass is 16.4. The molecule has 0 radical (unpaired) electrons. The Kier molecular flexibility index (Phi) is 2.35. The molecule has 7 nitrogen and oxygen atoms in total.